The van der Waals surface area contributed by atoms with Gasteiger partial charge in [0.2, 0.25) is 0 Å². The Bertz CT molecular complexity index is 4180. The van der Waals surface area contributed by atoms with Crippen molar-refractivity contribution in [1.82, 2.24) is 19.5 Å². The molecule has 0 spiro atoms. The number of non-ortho nitro benzene ring substituents is 2. The van der Waals surface area contributed by atoms with E-state index >= 15 is 0 Å². The second kappa shape index (κ2) is 33.3. The van der Waals surface area contributed by atoms with Crippen molar-refractivity contribution in [1.29, 1.82) is 0 Å². The second-order valence-electron chi connectivity index (χ2n) is 29.8. The standard InChI is InChI=1S/C80H97N7O16S/c1-53(2)17-16-18-54(3)66-38-39-67-65-37-30-60-49-64(40-44-78(60,4)68(65)41-45-79(66,67)5)101-70(88)23-14-9-15-46-97-72-69(50-99-80(57-19-10-7-11-20-57,58-21-12-8-13-22-58)59-28-35-63(96-6)36-29-59)102-76(73(72)103-104(94,95)100-48-43-56-26-33-62(34-27-56)87(92)93)85-52-83-71-74(81-51-82-75(71)85)84-77(89)98-47-42-55-24-31-61(32-25-55)86(90)91/h7-8,10-13,19-22,24-36,51-54,64-69,72-73,76H,9,14-18,23,37-50H2,1-6H3,(H,81,82,84,89)/t54-,64+,65+,66-,67+,68+,69-,72-,73-,76-,78+,79-/m1/s1. The molecule has 5 aromatic carbocycles. The van der Waals surface area contributed by atoms with Crippen LogP contribution >= 0.6 is 0 Å². The van der Waals surface area contributed by atoms with Gasteiger partial charge in [0.1, 0.15) is 36.0 Å². The smallest absolute Gasteiger partial charge is 0.412 e. The number of nitrogens with zero attached hydrogens (tertiary/aromatic N) is 6. The summed E-state index contributed by atoms with van der Waals surface area (Å²) in [5, 5.41) is 25.3. The summed E-state index contributed by atoms with van der Waals surface area (Å²) in [5.74, 6) is 4.77. The molecule has 1 aliphatic heterocycles. The first-order valence-corrected chi connectivity index (χ1v) is 38.2. The lowest BCUT2D eigenvalue weighted by atomic mass is 9.47. The van der Waals surface area contributed by atoms with Crippen molar-refractivity contribution in [3.8, 4) is 5.75 Å². The lowest BCUT2D eigenvalue weighted by Gasteiger charge is -2.58. The van der Waals surface area contributed by atoms with Gasteiger partial charge in [0.15, 0.2) is 29.3 Å². The number of fused-ring (bicyclic) bond motifs is 6. The van der Waals surface area contributed by atoms with Crippen LogP contribution in [0, 0.1) is 66.6 Å². The molecule has 554 valence electrons. The second-order valence-corrected chi connectivity index (χ2v) is 31.0. The van der Waals surface area contributed by atoms with Crippen LogP contribution in [0.2, 0.25) is 0 Å². The number of amides is 1. The zero-order valence-corrected chi connectivity index (χ0v) is 61.1. The van der Waals surface area contributed by atoms with Crippen LogP contribution in [0.15, 0.2) is 158 Å². The van der Waals surface area contributed by atoms with E-state index in [1.165, 1.54) is 104 Å². The minimum atomic E-state index is -4.97. The summed E-state index contributed by atoms with van der Waals surface area (Å²) in [4.78, 5) is 62.3. The SMILES string of the molecule is COc1ccc(C(OC[C@H]2O[C@@H](n3cnc4c(NC(=O)OCCc5ccc([N+](=O)[O-])cc5)ncnc43)[C@H](OS(=O)(=O)OCCc3ccc([N+](=O)[O-])cc3)[C@@H]2OCCCCCC(=O)O[C@H]2CC[C@@]3(C)C(=CC[C@H]4[C@@H]5CC[C@H]([C@H](C)CCCC(C)C)[C@@]5(C)CC[C@@H]43)C2)(c2ccccc2)c2ccccc2)cc1. The maximum atomic E-state index is 14.5. The van der Waals surface area contributed by atoms with Crippen molar-refractivity contribution in [2.24, 2.45) is 46.3 Å². The van der Waals surface area contributed by atoms with E-state index in [2.05, 4.69) is 61.0 Å². The van der Waals surface area contributed by atoms with Gasteiger partial charge < -0.3 is 28.4 Å². The highest BCUT2D eigenvalue weighted by Crippen LogP contribution is 2.67. The maximum Gasteiger partial charge on any atom is 0.412 e. The summed E-state index contributed by atoms with van der Waals surface area (Å²) in [5.41, 5.74) is 4.13. The monoisotopic (exact) mass is 1440 g/mol. The molecule has 24 heteroatoms. The number of nitro groups is 2. The Hall–Kier alpha value is -8.52. The van der Waals surface area contributed by atoms with Gasteiger partial charge in [-0.25, -0.2) is 28.1 Å². The molecular formula is C80H97N7O16S. The number of esters is 1. The number of nitrogens with one attached hydrogen (secondary N) is 1. The molecule has 2 aromatic heterocycles. The number of imidazole rings is 1. The van der Waals surface area contributed by atoms with Gasteiger partial charge in [0.05, 0.1) is 43.1 Å². The summed E-state index contributed by atoms with van der Waals surface area (Å²) in [6.45, 7) is 11.7. The van der Waals surface area contributed by atoms with Crippen LogP contribution in [0.4, 0.5) is 22.0 Å². The molecule has 4 aliphatic carbocycles. The number of ether oxygens (including phenoxy) is 6. The van der Waals surface area contributed by atoms with Gasteiger partial charge in [-0.05, 0) is 150 Å². The summed E-state index contributed by atoms with van der Waals surface area (Å²) < 4.78 is 80.9. The molecule has 3 saturated carbocycles. The normalized spacial score (nSPS) is 24.8. The number of anilines is 1. The Morgan fingerprint density at radius 3 is 2.05 bits per heavy atom. The number of hydrogen-bond acceptors (Lipinski definition) is 19. The third-order valence-corrected chi connectivity index (χ3v) is 24.0. The van der Waals surface area contributed by atoms with E-state index in [-0.39, 0.29) is 84.9 Å². The molecule has 1 amide bonds. The number of allylic oxidation sites excluding steroid dienone is 1. The summed E-state index contributed by atoms with van der Waals surface area (Å²) >= 11 is 0. The molecule has 1 saturated heterocycles. The fourth-order valence-corrected chi connectivity index (χ4v) is 18.6. The number of unbranched alkanes of at least 4 members (excludes halogenated alkanes) is 2. The van der Waals surface area contributed by atoms with Crippen molar-refractivity contribution >= 4 is 50.8 Å². The highest BCUT2D eigenvalue weighted by Gasteiger charge is 2.60. The van der Waals surface area contributed by atoms with Gasteiger partial charge in [-0.2, -0.15) is 8.42 Å². The number of benzene rings is 5. The van der Waals surface area contributed by atoms with Crippen molar-refractivity contribution in [3.63, 3.8) is 0 Å². The number of rotatable bonds is 33. The van der Waals surface area contributed by atoms with Crippen LogP contribution in [0.1, 0.15) is 165 Å². The minimum Gasteiger partial charge on any atom is -0.497 e. The predicted octanol–water partition coefficient (Wildman–Crippen LogP) is 16.1. The Morgan fingerprint density at radius 2 is 1.39 bits per heavy atom. The van der Waals surface area contributed by atoms with Crippen LogP contribution in [0.3, 0.4) is 0 Å². The largest absolute Gasteiger partial charge is 0.497 e. The van der Waals surface area contributed by atoms with Gasteiger partial charge in [-0.3, -0.25) is 34.9 Å². The minimum absolute atomic E-state index is 0.0394. The highest BCUT2D eigenvalue weighted by atomic mass is 32.3. The number of aromatic nitrogens is 4. The van der Waals surface area contributed by atoms with Crippen molar-refractivity contribution in [2.45, 2.75) is 180 Å². The fourth-order valence-electron chi connectivity index (χ4n) is 17.8. The van der Waals surface area contributed by atoms with E-state index in [1.54, 1.807) is 19.2 Å². The van der Waals surface area contributed by atoms with Crippen molar-refractivity contribution < 1.29 is 64.6 Å². The van der Waals surface area contributed by atoms with Gasteiger partial charge in [0.25, 0.3) is 11.4 Å². The number of methoxy groups -OCH3 is 1. The van der Waals surface area contributed by atoms with Crippen LogP contribution in [-0.4, -0.2) is 108 Å². The molecule has 3 heterocycles. The zero-order valence-electron chi connectivity index (χ0n) is 60.3. The van der Waals surface area contributed by atoms with Crippen molar-refractivity contribution in [3.05, 3.63) is 206 Å². The summed E-state index contributed by atoms with van der Waals surface area (Å²) in [7, 11) is -3.38. The molecule has 4 fully saturated rings. The first-order chi connectivity index (χ1) is 50.2. The number of hydrogen-bond donors (Lipinski definition) is 1. The third-order valence-electron chi connectivity index (χ3n) is 23.1. The number of nitro benzene ring substituents is 2. The Balaban J connectivity index is 0.771. The van der Waals surface area contributed by atoms with E-state index in [0.29, 0.717) is 53.4 Å². The van der Waals surface area contributed by atoms with Crippen molar-refractivity contribution in [2.75, 3.05) is 38.9 Å². The van der Waals surface area contributed by atoms with Crippen LogP contribution in [0.5, 0.6) is 5.75 Å². The average molecular weight is 1440 g/mol. The quantitative estimate of drug-likeness (QED) is 0.00998. The molecule has 0 unspecified atom stereocenters. The lowest BCUT2D eigenvalue weighted by molar-refractivity contribution is -0.385. The van der Waals surface area contributed by atoms with Crippen LogP contribution < -0.4 is 10.1 Å². The molecule has 1 N–H and O–H groups in total. The van der Waals surface area contributed by atoms with Crippen LogP contribution in [0.25, 0.3) is 11.2 Å². The van der Waals surface area contributed by atoms with E-state index in [0.717, 1.165) is 66.0 Å². The first kappa shape index (κ1) is 75.2. The van der Waals surface area contributed by atoms with Gasteiger partial charge in [0, 0.05) is 50.1 Å². The molecule has 0 bridgehead atoms. The molecule has 12 rings (SSSR count). The Kier molecular flexibility index (Phi) is 24.1. The molecule has 5 aliphatic rings. The zero-order chi connectivity index (χ0) is 73.2. The molecule has 12 atom stereocenters. The van der Waals surface area contributed by atoms with E-state index in [4.69, 9.17) is 36.8 Å². The summed E-state index contributed by atoms with van der Waals surface area (Å²) in [6, 6.07) is 38.4. The topological polar surface area (TPSA) is 284 Å². The third kappa shape index (κ3) is 16.9. The highest BCUT2D eigenvalue weighted by molar-refractivity contribution is 7.81. The van der Waals surface area contributed by atoms with Gasteiger partial charge in [-0.15, -0.1) is 0 Å². The summed E-state index contributed by atoms with van der Waals surface area (Å²) in [6.07, 6.45) is 13.7. The Labute approximate surface area is 608 Å². The van der Waals surface area contributed by atoms with Gasteiger partial charge in [-0.1, -0.05) is 169 Å². The molecule has 23 nitrogen and oxygen atoms in total. The maximum absolute atomic E-state index is 14.5. The molecule has 7 aromatic rings. The van der Waals surface area contributed by atoms with E-state index in [9.17, 15) is 38.2 Å². The average Bonchev–Trinajstić information content (AvgIpc) is 1.38. The fraction of sp³-hybridized carbons (Fsp3) is 0.512. The number of carbonyl (C=O) groups is 2. The van der Waals surface area contributed by atoms with E-state index in [1.807, 2.05) is 84.9 Å². The Morgan fingerprint density at radius 1 is 0.731 bits per heavy atom. The molecule has 104 heavy (non-hydrogen) atoms. The number of carbonyl (C=O) groups excluding carboxylic acids is 2. The predicted molar refractivity (Wildman–Crippen MR) is 390 cm³/mol. The molecule has 0 radical (unpaired) electrons. The lowest BCUT2D eigenvalue weighted by Crippen LogP contribution is -2.51. The van der Waals surface area contributed by atoms with Gasteiger partial charge >= 0.3 is 22.5 Å². The first-order valence-electron chi connectivity index (χ1n) is 36.9. The van der Waals surface area contributed by atoms with Crippen LogP contribution in [-0.2, 0) is 65.7 Å². The molecular weight excluding hydrogens is 1350 g/mol. The van der Waals surface area contributed by atoms with E-state index < -0.39 is 63.1 Å².